The highest BCUT2D eigenvalue weighted by molar-refractivity contribution is 9.10. The molecule has 2 rings (SSSR count). The molecule has 1 aliphatic rings. The third-order valence-electron chi connectivity index (χ3n) is 3.68. The van der Waals surface area contributed by atoms with E-state index in [1.165, 1.54) is 4.88 Å². The van der Waals surface area contributed by atoms with Gasteiger partial charge in [0.2, 0.25) is 0 Å². The third-order valence-corrected chi connectivity index (χ3v) is 6.23. The topological polar surface area (TPSA) is 21.3 Å². The van der Waals surface area contributed by atoms with Gasteiger partial charge in [-0.1, -0.05) is 25.4 Å². The highest BCUT2D eigenvalue weighted by Gasteiger charge is 2.35. The van der Waals surface area contributed by atoms with E-state index in [-0.39, 0.29) is 0 Å². The molecule has 1 aliphatic heterocycles. The second kappa shape index (κ2) is 7.41. The lowest BCUT2D eigenvalue weighted by Gasteiger charge is -2.27. The summed E-state index contributed by atoms with van der Waals surface area (Å²) in [6.07, 6.45) is 3.72. The van der Waals surface area contributed by atoms with Gasteiger partial charge in [-0.15, -0.1) is 11.3 Å². The fourth-order valence-corrected chi connectivity index (χ4v) is 4.63. The van der Waals surface area contributed by atoms with E-state index in [1.54, 1.807) is 11.3 Å². The molecule has 0 saturated carbocycles. The van der Waals surface area contributed by atoms with Crippen LogP contribution < -0.4 is 5.32 Å². The minimum Gasteiger partial charge on any atom is -0.378 e. The average Bonchev–Trinajstić information content (AvgIpc) is 2.98. The molecule has 1 aromatic rings. The van der Waals surface area contributed by atoms with Crippen LogP contribution in [0.2, 0.25) is 4.34 Å². The van der Waals surface area contributed by atoms with E-state index in [0.29, 0.717) is 18.1 Å². The van der Waals surface area contributed by atoms with Crippen molar-refractivity contribution in [1.82, 2.24) is 5.32 Å². The maximum absolute atomic E-state index is 6.20. The van der Waals surface area contributed by atoms with Crippen molar-refractivity contribution < 1.29 is 4.74 Å². The van der Waals surface area contributed by atoms with Crippen molar-refractivity contribution in [3.63, 3.8) is 0 Å². The molecule has 0 spiro atoms. The molecule has 108 valence electrons. The number of nitrogens with one attached hydrogen (secondary N) is 1. The minimum absolute atomic E-state index is 0.362. The monoisotopic (exact) mass is 365 g/mol. The zero-order valence-corrected chi connectivity index (χ0v) is 14.6. The Labute approximate surface area is 133 Å². The first kappa shape index (κ1) is 15.8. The van der Waals surface area contributed by atoms with E-state index in [9.17, 15) is 0 Å². The molecule has 3 unspecified atom stereocenters. The first-order chi connectivity index (χ1) is 9.17. The van der Waals surface area contributed by atoms with Crippen molar-refractivity contribution in [2.24, 2.45) is 5.92 Å². The van der Waals surface area contributed by atoms with Crippen molar-refractivity contribution >= 4 is 38.9 Å². The van der Waals surface area contributed by atoms with Gasteiger partial charge in [0.15, 0.2) is 0 Å². The lowest BCUT2D eigenvalue weighted by atomic mass is 9.90. The number of halogens is 2. The number of hydrogen-bond donors (Lipinski definition) is 1. The molecule has 19 heavy (non-hydrogen) atoms. The molecule has 1 saturated heterocycles. The first-order valence-electron chi connectivity index (χ1n) is 6.97. The predicted molar refractivity (Wildman–Crippen MR) is 86.2 cm³/mol. The van der Waals surface area contributed by atoms with Gasteiger partial charge in [-0.25, -0.2) is 0 Å². The molecule has 5 heteroatoms. The molecular formula is C14H21BrClNOS. The average molecular weight is 367 g/mol. The van der Waals surface area contributed by atoms with Gasteiger partial charge in [0, 0.05) is 27.9 Å². The highest BCUT2D eigenvalue weighted by Crippen LogP contribution is 2.41. The summed E-state index contributed by atoms with van der Waals surface area (Å²) in [5, 5.41) is 3.68. The second-order valence-electron chi connectivity index (χ2n) is 4.97. The van der Waals surface area contributed by atoms with E-state index in [2.05, 4.69) is 41.2 Å². The van der Waals surface area contributed by atoms with Gasteiger partial charge in [-0.2, -0.15) is 0 Å². The molecule has 3 atom stereocenters. The summed E-state index contributed by atoms with van der Waals surface area (Å²) in [5.41, 5.74) is 0. The van der Waals surface area contributed by atoms with Crippen LogP contribution in [0.15, 0.2) is 10.5 Å². The molecule has 0 radical (unpaired) electrons. The normalized spacial score (nSPS) is 24.8. The SMILES string of the molecule is CCCNC(c1cc(Br)c(Cl)s1)C1CCOC1CC. The quantitative estimate of drug-likeness (QED) is 0.763. The summed E-state index contributed by atoms with van der Waals surface area (Å²) in [6.45, 7) is 6.32. The Bertz CT molecular complexity index is 393. The van der Waals surface area contributed by atoms with Crippen LogP contribution in [-0.2, 0) is 4.74 Å². The predicted octanol–water partition coefficient (Wildman–Crippen LogP) is 5.02. The molecule has 0 bridgehead atoms. The second-order valence-corrected chi connectivity index (χ2v) is 7.51. The highest BCUT2D eigenvalue weighted by atomic mass is 79.9. The lowest BCUT2D eigenvalue weighted by molar-refractivity contribution is 0.0777. The summed E-state index contributed by atoms with van der Waals surface area (Å²) >= 11 is 11.4. The molecule has 2 nitrogen and oxygen atoms in total. The van der Waals surface area contributed by atoms with E-state index >= 15 is 0 Å². The molecule has 2 heterocycles. The number of rotatable bonds is 6. The summed E-state index contributed by atoms with van der Waals surface area (Å²) in [6, 6.07) is 2.52. The summed E-state index contributed by atoms with van der Waals surface area (Å²) < 4.78 is 7.70. The number of thiophene rings is 1. The molecule has 0 aliphatic carbocycles. The van der Waals surface area contributed by atoms with Gasteiger partial charge < -0.3 is 10.1 Å². The van der Waals surface area contributed by atoms with Crippen molar-refractivity contribution in [3.8, 4) is 0 Å². The van der Waals surface area contributed by atoms with Gasteiger partial charge >= 0.3 is 0 Å². The van der Waals surface area contributed by atoms with Crippen molar-refractivity contribution in [2.75, 3.05) is 13.2 Å². The fraction of sp³-hybridized carbons (Fsp3) is 0.714. The van der Waals surface area contributed by atoms with Crippen molar-refractivity contribution in [2.45, 2.75) is 45.3 Å². The minimum atomic E-state index is 0.362. The van der Waals surface area contributed by atoms with Gasteiger partial charge in [0.1, 0.15) is 4.34 Å². The molecule has 0 amide bonds. The molecule has 1 aromatic heterocycles. The van der Waals surface area contributed by atoms with Gasteiger partial charge in [0.05, 0.1) is 6.10 Å². The standard InChI is InChI=1S/C14H21BrClNOS/c1-3-6-17-13(9-5-7-18-11(9)4-2)12-8-10(15)14(16)19-12/h8-9,11,13,17H,3-7H2,1-2H3. The maximum Gasteiger partial charge on any atom is 0.107 e. The Morgan fingerprint density at radius 2 is 2.37 bits per heavy atom. The number of hydrogen-bond acceptors (Lipinski definition) is 3. The molecule has 1 fully saturated rings. The fourth-order valence-electron chi connectivity index (χ4n) is 2.75. The summed E-state index contributed by atoms with van der Waals surface area (Å²) in [7, 11) is 0. The van der Waals surface area contributed by atoms with E-state index < -0.39 is 0 Å². The van der Waals surface area contributed by atoms with Gasteiger partial charge in [0.25, 0.3) is 0 Å². The van der Waals surface area contributed by atoms with Crippen LogP contribution >= 0.6 is 38.9 Å². The van der Waals surface area contributed by atoms with E-state index in [1.807, 2.05) is 0 Å². The Balaban J connectivity index is 2.19. The van der Waals surface area contributed by atoms with Crippen LogP contribution in [0.25, 0.3) is 0 Å². The molecule has 0 aromatic carbocycles. The Kier molecular flexibility index (Phi) is 6.15. The van der Waals surface area contributed by atoms with E-state index in [0.717, 1.165) is 41.2 Å². The first-order valence-corrected chi connectivity index (χ1v) is 8.95. The Morgan fingerprint density at radius 3 is 2.95 bits per heavy atom. The zero-order chi connectivity index (χ0) is 13.8. The van der Waals surface area contributed by atoms with Crippen molar-refractivity contribution in [3.05, 3.63) is 19.8 Å². The molecular weight excluding hydrogens is 346 g/mol. The van der Waals surface area contributed by atoms with Crippen molar-refractivity contribution in [1.29, 1.82) is 0 Å². The smallest absolute Gasteiger partial charge is 0.107 e. The summed E-state index contributed by atoms with van der Waals surface area (Å²) in [5.74, 6) is 0.554. The van der Waals surface area contributed by atoms with Crippen LogP contribution in [0.4, 0.5) is 0 Å². The van der Waals surface area contributed by atoms with Crippen LogP contribution in [-0.4, -0.2) is 19.3 Å². The summed E-state index contributed by atoms with van der Waals surface area (Å²) in [4.78, 5) is 1.32. The van der Waals surface area contributed by atoms with Crippen LogP contribution in [0.1, 0.15) is 44.0 Å². The van der Waals surface area contributed by atoms with Crippen LogP contribution in [0, 0.1) is 5.92 Å². The van der Waals surface area contributed by atoms with Gasteiger partial charge in [-0.3, -0.25) is 0 Å². The van der Waals surface area contributed by atoms with E-state index in [4.69, 9.17) is 16.3 Å². The maximum atomic E-state index is 6.20. The Hall–Kier alpha value is 0.390. The van der Waals surface area contributed by atoms with Crippen LogP contribution in [0.3, 0.4) is 0 Å². The zero-order valence-electron chi connectivity index (χ0n) is 11.4. The van der Waals surface area contributed by atoms with Gasteiger partial charge in [-0.05, 0) is 47.8 Å². The largest absolute Gasteiger partial charge is 0.378 e. The lowest BCUT2D eigenvalue weighted by Crippen LogP contribution is -2.32. The molecule has 1 N–H and O–H groups in total. The Morgan fingerprint density at radius 1 is 1.58 bits per heavy atom. The number of ether oxygens (including phenoxy) is 1. The third kappa shape index (κ3) is 3.73. The van der Waals surface area contributed by atoms with Crippen LogP contribution in [0.5, 0.6) is 0 Å².